The fourth-order valence-corrected chi connectivity index (χ4v) is 6.76. The van der Waals surface area contributed by atoms with Crippen LogP contribution in [-0.2, 0) is 26.9 Å². The maximum atomic E-state index is 13.1. The number of nitrogens with zero attached hydrogens (tertiary/aromatic N) is 1. The van der Waals surface area contributed by atoms with Crippen LogP contribution in [-0.4, -0.2) is 25.6 Å². The van der Waals surface area contributed by atoms with Gasteiger partial charge in [0.05, 0.1) is 17.9 Å². The molecule has 0 fully saturated rings. The van der Waals surface area contributed by atoms with Crippen molar-refractivity contribution >= 4 is 48.8 Å². The van der Waals surface area contributed by atoms with Crippen molar-refractivity contribution in [1.29, 1.82) is 0 Å². The summed E-state index contributed by atoms with van der Waals surface area (Å²) in [6.07, 6.45) is 3.78. The highest BCUT2D eigenvalue weighted by atomic mass is 35.5. The fourth-order valence-electron chi connectivity index (χ4n) is 3.39. The van der Waals surface area contributed by atoms with Gasteiger partial charge in [-0.05, 0) is 65.9 Å². The number of aryl methyl sites for hydroxylation is 1. The van der Waals surface area contributed by atoms with Crippen molar-refractivity contribution in [2.24, 2.45) is 0 Å². The normalized spacial score (nSPS) is 11.7. The zero-order chi connectivity index (χ0) is 22.0. The van der Waals surface area contributed by atoms with Gasteiger partial charge in [-0.2, -0.15) is 0 Å². The zero-order valence-electron chi connectivity index (χ0n) is 16.7. The largest absolute Gasteiger partial charge is 0.460 e. The minimum atomic E-state index is -3.59. The van der Waals surface area contributed by atoms with Crippen molar-refractivity contribution in [3.63, 3.8) is 0 Å². The van der Waals surface area contributed by atoms with Crippen LogP contribution in [0.25, 0.3) is 10.1 Å². The number of halogens is 1. The molecule has 31 heavy (non-hydrogen) atoms. The van der Waals surface area contributed by atoms with Crippen LogP contribution in [0.4, 0.5) is 0 Å². The van der Waals surface area contributed by atoms with Gasteiger partial charge in [0.1, 0.15) is 10.8 Å². The van der Waals surface area contributed by atoms with Crippen LogP contribution in [0.2, 0.25) is 5.02 Å². The molecule has 2 aromatic carbocycles. The summed E-state index contributed by atoms with van der Waals surface area (Å²) in [5.74, 6) is -0.669. The Morgan fingerprint density at radius 3 is 2.65 bits per heavy atom. The molecule has 0 bridgehead atoms. The van der Waals surface area contributed by atoms with E-state index in [1.54, 1.807) is 43.3 Å². The number of hydrogen-bond acceptors (Lipinski definition) is 5. The Balaban J connectivity index is 1.50. The minimum absolute atomic E-state index is 0.196. The van der Waals surface area contributed by atoms with E-state index < -0.39 is 15.8 Å². The highest BCUT2D eigenvalue weighted by Crippen LogP contribution is 2.36. The third kappa shape index (κ3) is 4.84. The summed E-state index contributed by atoms with van der Waals surface area (Å²) in [6, 6.07) is 15.7. The van der Waals surface area contributed by atoms with Gasteiger partial charge >= 0.3 is 5.97 Å². The zero-order valence-corrected chi connectivity index (χ0v) is 19.1. The van der Waals surface area contributed by atoms with Gasteiger partial charge in [-0.1, -0.05) is 23.7 Å². The van der Waals surface area contributed by atoms with Crippen molar-refractivity contribution in [2.75, 3.05) is 6.61 Å². The Labute approximate surface area is 189 Å². The molecule has 0 spiro atoms. The van der Waals surface area contributed by atoms with Gasteiger partial charge in [0.25, 0.3) is 0 Å². The lowest BCUT2D eigenvalue weighted by molar-refractivity contribution is 0.0491. The first-order valence-electron chi connectivity index (χ1n) is 9.62. The molecule has 2 aromatic heterocycles. The topological polar surface area (TPSA) is 65.4 Å². The Hall–Kier alpha value is -2.61. The molecule has 160 valence electrons. The first-order valence-corrected chi connectivity index (χ1v) is 12.5. The Morgan fingerprint density at radius 2 is 1.87 bits per heavy atom. The number of rotatable bonds is 7. The highest BCUT2D eigenvalue weighted by molar-refractivity contribution is 7.93. The molecule has 4 aromatic rings. The van der Waals surface area contributed by atoms with Gasteiger partial charge in [-0.3, -0.25) is 0 Å². The van der Waals surface area contributed by atoms with Crippen LogP contribution < -0.4 is 0 Å². The third-order valence-corrected chi connectivity index (χ3v) is 8.80. The number of sulfone groups is 1. The van der Waals surface area contributed by atoms with Crippen molar-refractivity contribution in [3.05, 3.63) is 88.7 Å². The van der Waals surface area contributed by atoms with Crippen LogP contribution in [0.3, 0.4) is 0 Å². The smallest absolute Gasteiger partial charge is 0.338 e. The standard InChI is InChI=1S/C23H20ClNO4S2/c1-16-20-14-19(24)7-8-21(20)30-23(16)31(27,28)15-17-5-4-6-18(13-17)22(26)29-12-11-25-9-2-3-10-25/h2-10,13-14H,11-12,15H2,1H3. The molecule has 0 unspecified atom stereocenters. The van der Waals surface area contributed by atoms with E-state index in [1.165, 1.54) is 11.3 Å². The number of aromatic nitrogens is 1. The van der Waals surface area contributed by atoms with Crippen LogP contribution >= 0.6 is 22.9 Å². The molecular formula is C23H20ClNO4S2. The second-order valence-electron chi connectivity index (χ2n) is 7.17. The van der Waals surface area contributed by atoms with Crippen molar-refractivity contribution in [2.45, 2.75) is 23.4 Å². The lowest BCUT2D eigenvalue weighted by atomic mass is 10.1. The minimum Gasteiger partial charge on any atom is -0.460 e. The molecule has 0 aliphatic carbocycles. The van der Waals surface area contributed by atoms with Crippen LogP contribution in [0.15, 0.2) is 71.2 Å². The summed E-state index contributed by atoms with van der Waals surface area (Å²) < 4.78 is 34.7. The Kier molecular flexibility index (Phi) is 6.18. The van der Waals surface area contributed by atoms with Crippen molar-refractivity contribution < 1.29 is 17.9 Å². The fraction of sp³-hybridized carbons (Fsp3) is 0.174. The number of benzene rings is 2. The molecule has 0 aliphatic heterocycles. The number of thiophene rings is 1. The Morgan fingerprint density at radius 1 is 1.10 bits per heavy atom. The molecule has 0 radical (unpaired) electrons. The second-order valence-corrected chi connectivity index (χ2v) is 10.8. The van der Waals surface area contributed by atoms with E-state index in [9.17, 15) is 13.2 Å². The maximum absolute atomic E-state index is 13.1. The van der Waals surface area contributed by atoms with Crippen molar-refractivity contribution in [3.8, 4) is 0 Å². The SMILES string of the molecule is Cc1c(S(=O)(=O)Cc2cccc(C(=O)OCCn3cccc3)c2)sc2ccc(Cl)cc12. The summed E-state index contributed by atoms with van der Waals surface area (Å²) in [5, 5.41) is 1.41. The molecular weight excluding hydrogens is 454 g/mol. The predicted molar refractivity (Wildman–Crippen MR) is 124 cm³/mol. The molecule has 2 heterocycles. The summed E-state index contributed by atoms with van der Waals surface area (Å²) in [4.78, 5) is 12.4. The van der Waals surface area contributed by atoms with Gasteiger partial charge < -0.3 is 9.30 Å². The molecule has 0 amide bonds. The van der Waals surface area contributed by atoms with Crippen LogP contribution in [0.1, 0.15) is 21.5 Å². The molecule has 0 N–H and O–H groups in total. The first kappa shape index (κ1) is 21.6. The average molecular weight is 474 g/mol. The lowest BCUT2D eigenvalue weighted by Crippen LogP contribution is -2.11. The van der Waals surface area contributed by atoms with E-state index >= 15 is 0 Å². The molecule has 5 nitrogen and oxygen atoms in total. The van der Waals surface area contributed by atoms with Crippen molar-refractivity contribution in [1.82, 2.24) is 4.57 Å². The van der Waals surface area contributed by atoms with Gasteiger partial charge in [-0.25, -0.2) is 13.2 Å². The van der Waals surface area contributed by atoms with Crippen LogP contribution in [0.5, 0.6) is 0 Å². The summed E-state index contributed by atoms with van der Waals surface area (Å²) in [5.41, 5.74) is 1.57. The van der Waals surface area contributed by atoms with Gasteiger partial charge in [-0.15, -0.1) is 11.3 Å². The molecule has 0 saturated carbocycles. The quantitative estimate of drug-likeness (QED) is 0.332. The maximum Gasteiger partial charge on any atom is 0.338 e. The first-order chi connectivity index (χ1) is 14.8. The summed E-state index contributed by atoms with van der Waals surface area (Å²) in [7, 11) is -3.59. The van der Waals surface area contributed by atoms with Gasteiger partial charge in [0, 0.05) is 22.1 Å². The van der Waals surface area contributed by atoms with E-state index in [0.29, 0.717) is 32.5 Å². The summed E-state index contributed by atoms with van der Waals surface area (Å²) >= 11 is 7.30. The molecule has 0 atom stereocenters. The number of hydrogen-bond donors (Lipinski definition) is 0. The van der Waals surface area contributed by atoms with E-state index in [4.69, 9.17) is 16.3 Å². The number of carbonyl (C=O) groups is 1. The summed E-state index contributed by atoms with van der Waals surface area (Å²) in [6.45, 7) is 2.59. The number of carbonyl (C=O) groups excluding carboxylic acids is 1. The molecule has 0 saturated heterocycles. The molecule has 8 heteroatoms. The van der Waals surface area contributed by atoms with E-state index in [1.807, 2.05) is 35.2 Å². The third-order valence-electron chi connectivity index (χ3n) is 4.91. The van der Waals surface area contributed by atoms with Crippen LogP contribution in [0, 0.1) is 6.92 Å². The number of ether oxygens (including phenoxy) is 1. The predicted octanol–water partition coefficient (Wildman–Crippen LogP) is 5.50. The van der Waals surface area contributed by atoms with Gasteiger partial charge in [0.2, 0.25) is 0 Å². The van der Waals surface area contributed by atoms with E-state index in [-0.39, 0.29) is 12.4 Å². The van der Waals surface area contributed by atoms with Gasteiger partial charge in [0.15, 0.2) is 9.84 Å². The number of esters is 1. The molecule has 0 aliphatic rings. The lowest BCUT2D eigenvalue weighted by Gasteiger charge is -2.08. The monoisotopic (exact) mass is 473 g/mol. The molecule has 4 rings (SSSR count). The van der Waals surface area contributed by atoms with E-state index in [2.05, 4.69) is 0 Å². The Bertz CT molecular complexity index is 1340. The highest BCUT2D eigenvalue weighted by Gasteiger charge is 2.23. The average Bonchev–Trinajstić information content (AvgIpc) is 3.36. The van der Waals surface area contributed by atoms with E-state index in [0.717, 1.165) is 10.1 Å². The second kappa shape index (κ2) is 8.86. The number of fused-ring (bicyclic) bond motifs is 1.